The zero-order valence-corrected chi connectivity index (χ0v) is 16.2. The van der Waals surface area contributed by atoms with Gasteiger partial charge in [-0.1, -0.05) is 48.5 Å². The van der Waals surface area contributed by atoms with Crippen LogP contribution in [0.4, 0.5) is 4.79 Å². The fraction of sp³-hybridized carbons (Fsp3) is 0.348. The number of rotatable bonds is 2. The molecule has 0 unspecified atom stereocenters. The van der Waals surface area contributed by atoms with E-state index in [0.29, 0.717) is 25.9 Å². The van der Waals surface area contributed by atoms with Gasteiger partial charge < -0.3 is 10.2 Å². The van der Waals surface area contributed by atoms with Crippen LogP contribution < -0.4 is 5.32 Å². The third kappa shape index (κ3) is 2.99. The van der Waals surface area contributed by atoms with E-state index in [9.17, 15) is 14.4 Å². The summed E-state index contributed by atoms with van der Waals surface area (Å²) in [4.78, 5) is 41.5. The SMILES string of the molecule is O=C(CN1C(=O)N[C@]2(CCc3ccccc3C2)C1=O)N1CCc2ccccc2C1. The van der Waals surface area contributed by atoms with Gasteiger partial charge in [-0.2, -0.15) is 0 Å². The highest BCUT2D eigenvalue weighted by molar-refractivity contribution is 6.09. The molecule has 0 bridgehead atoms. The van der Waals surface area contributed by atoms with Gasteiger partial charge in [-0.15, -0.1) is 0 Å². The predicted octanol–water partition coefficient (Wildman–Crippen LogP) is 2.05. The van der Waals surface area contributed by atoms with E-state index in [-0.39, 0.29) is 18.4 Å². The number of imide groups is 1. The quantitative estimate of drug-likeness (QED) is 0.800. The summed E-state index contributed by atoms with van der Waals surface area (Å²) in [5, 5.41) is 2.90. The van der Waals surface area contributed by atoms with Crippen molar-refractivity contribution in [1.82, 2.24) is 15.1 Å². The number of urea groups is 1. The average Bonchev–Trinajstić information content (AvgIpc) is 2.97. The molecule has 2 aromatic rings. The van der Waals surface area contributed by atoms with Crippen molar-refractivity contribution in [2.45, 2.75) is 37.8 Å². The molecule has 1 atom stereocenters. The number of aryl methyl sites for hydroxylation is 1. The summed E-state index contributed by atoms with van der Waals surface area (Å²) in [6.07, 6.45) is 2.58. The van der Waals surface area contributed by atoms with E-state index in [1.165, 1.54) is 11.1 Å². The molecule has 1 fully saturated rings. The molecule has 0 aromatic heterocycles. The van der Waals surface area contributed by atoms with Gasteiger partial charge in [0.05, 0.1) is 0 Å². The number of fused-ring (bicyclic) bond motifs is 2. The summed E-state index contributed by atoms with van der Waals surface area (Å²) in [6, 6.07) is 15.6. The third-order valence-electron chi connectivity index (χ3n) is 6.45. The molecule has 1 aliphatic carbocycles. The minimum absolute atomic E-state index is 0.184. The number of amides is 4. The maximum Gasteiger partial charge on any atom is 0.325 e. The second-order valence-corrected chi connectivity index (χ2v) is 8.18. The van der Waals surface area contributed by atoms with Crippen LogP contribution in [0.3, 0.4) is 0 Å². The van der Waals surface area contributed by atoms with E-state index in [1.54, 1.807) is 4.90 Å². The summed E-state index contributed by atoms with van der Waals surface area (Å²) >= 11 is 0. The first-order chi connectivity index (χ1) is 14.1. The van der Waals surface area contributed by atoms with E-state index < -0.39 is 11.6 Å². The minimum Gasteiger partial charge on any atom is -0.336 e. The number of nitrogens with one attached hydrogen (secondary N) is 1. The van der Waals surface area contributed by atoms with Crippen LogP contribution in [0.15, 0.2) is 48.5 Å². The van der Waals surface area contributed by atoms with E-state index >= 15 is 0 Å². The maximum atomic E-state index is 13.2. The van der Waals surface area contributed by atoms with Crippen molar-refractivity contribution in [1.29, 1.82) is 0 Å². The molecular weight excluding hydrogens is 366 g/mol. The zero-order chi connectivity index (χ0) is 20.0. The van der Waals surface area contributed by atoms with Crippen molar-refractivity contribution in [3.8, 4) is 0 Å². The first kappa shape index (κ1) is 17.9. The van der Waals surface area contributed by atoms with Crippen LogP contribution in [0, 0.1) is 0 Å². The van der Waals surface area contributed by atoms with Gasteiger partial charge in [-0.05, 0) is 41.5 Å². The Balaban J connectivity index is 1.31. The largest absolute Gasteiger partial charge is 0.336 e. The lowest BCUT2D eigenvalue weighted by atomic mass is 9.78. The first-order valence-electron chi connectivity index (χ1n) is 10.1. The number of benzene rings is 2. The molecule has 1 spiro atoms. The van der Waals surface area contributed by atoms with Crippen LogP contribution in [0.2, 0.25) is 0 Å². The molecule has 2 aliphatic heterocycles. The monoisotopic (exact) mass is 389 g/mol. The van der Waals surface area contributed by atoms with Crippen LogP contribution in [-0.2, 0) is 35.4 Å². The van der Waals surface area contributed by atoms with E-state index in [1.807, 2.05) is 36.4 Å². The highest BCUT2D eigenvalue weighted by Gasteiger charge is 2.52. The highest BCUT2D eigenvalue weighted by Crippen LogP contribution is 2.33. The smallest absolute Gasteiger partial charge is 0.325 e. The molecule has 6 nitrogen and oxygen atoms in total. The standard InChI is InChI=1S/C23H23N3O3/c27-20(25-12-10-17-6-2-4-8-19(17)14-25)15-26-21(28)23(24-22(26)29)11-9-16-5-1-3-7-18(16)13-23/h1-8H,9-15H2,(H,24,29)/t23-/m0/s1. The molecule has 2 aromatic carbocycles. The summed E-state index contributed by atoms with van der Waals surface area (Å²) in [7, 11) is 0. The molecule has 0 radical (unpaired) electrons. The van der Waals surface area contributed by atoms with Gasteiger partial charge in [-0.3, -0.25) is 14.5 Å². The van der Waals surface area contributed by atoms with Gasteiger partial charge in [0.25, 0.3) is 5.91 Å². The van der Waals surface area contributed by atoms with Gasteiger partial charge in [0.2, 0.25) is 5.91 Å². The Bertz CT molecular complexity index is 1020. The van der Waals surface area contributed by atoms with Crippen LogP contribution in [0.25, 0.3) is 0 Å². The Morgan fingerprint density at radius 3 is 2.34 bits per heavy atom. The summed E-state index contributed by atoms with van der Waals surface area (Å²) in [6.45, 7) is 0.936. The molecule has 0 saturated carbocycles. The number of carbonyl (C=O) groups is 3. The average molecular weight is 389 g/mol. The van der Waals surface area contributed by atoms with Crippen molar-refractivity contribution < 1.29 is 14.4 Å². The Hall–Kier alpha value is -3.15. The van der Waals surface area contributed by atoms with Crippen LogP contribution in [0.1, 0.15) is 28.7 Å². The van der Waals surface area contributed by atoms with Crippen LogP contribution in [0.5, 0.6) is 0 Å². The Morgan fingerprint density at radius 2 is 1.59 bits per heavy atom. The molecule has 5 rings (SSSR count). The number of hydrogen-bond donors (Lipinski definition) is 1. The van der Waals surface area contributed by atoms with Gasteiger partial charge in [0.1, 0.15) is 12.1 Å². The lowest BCUT2D eigenvalue weighted by molar-refractivity contribution is -0.139. The maximum absolute atomic E-state index is 13.2. The van der Waals surface area contributed by atoms with Gasteiger partial charge in [0, 0.05) is 19.5 Å². The van der Waals surface area contributed by atoms with Crippen molar-refractivity contribution in [3.05, 3.63) is 70.8 Å². The number of hydrogen-bond acceptors (Lipinski definition) is 3. The fourth-order valence-corrected chi connectivity index (χ4v) is 4.79. The summed E-state index contributed by atoms with van der Waals surface area (Å²) < 4.78 is 0. The lowest BCUT2D eigenvalue weighted by Gasteiger charge is -2.32. The second-order valence-electron chi connectivity index (χ2n) is 8.18. The Morgan fingerprint density at radius 1 is 0.931 bits per heavy atom. The number of carbonyl (C=O) groups excluding carboxylic acids is 3. The normalized spacial score (nSPS) is 23.0. The van der Waals surface area contributed by atoms with E-state index in [4.69, 9.17) is 0 Å². The zero-order valence-electron chi connectivity index (χ0n) is 16.2. The molecule has 29 heavy (non-hydrogen) atoms. The minimum atomic E-state index is -0.916. The van der Waals surface area contributed by atoms with Crippen molar-refractivity contribution >= 4 is 17.8 Å². The van der Waals surface area contributed by atoms with Gasteiger partial charge in [0.15, 0.2) is 0 Å². The molecule has 148 valence electrons. The summed E-state index contributed by atoms with van der Waals surface area (Å²) in [5.41, 5.74) is 3.78. The molecule has 4 amide bonds. The van der Waals surface area contributed by atoms with Crippen molar-refractivity contribution in [2.75, 3.05) is 13.1 Å². The molecular formula is C23H23N3O3. The van der Waals surface area contributed by atoms with Gasteiger partial charge in [-0.25, -0.2) is 4.79 Å². The first-order valence-corrected chi connectivity index (χ1v) is 10.1. The highest BCUT2D eigenvalue weighted by atomic mass is 16.2. The van der Waals surface area contributed by atoms with Crippen molar-refractivity contribution in [2.24, 2.45) is 0 Å². The Labute approximate surface area is 169 Å². The molecule has 1 N–H and O–H groups in total. The second kappa shape index (κ2) is 6.72. The molecule has 6 heteroatoms. The van der Waals surface area contributed by atoms with Gasteiger partial charge >= 0.3 is 6.03 Å². The van der Waals surface area contributed by atoms with Crippen LogP contribution in [-0.4, -0.2) is 46.3 Å². The third-order valence-corrected chi connectivity index (χ3v) is 6.45. The lowest BCUT2D eigenvalue weighted by Crippen LogP contribution is -2.51. The topological polar surface area (TPSA) is 69.7 Å². The van der Waals surface area contributed by atoms with E-state index in [2.05, 4.69) is 17.4 Å². The van der Waals surface area contributed by atoms with E-state index in [0.717, 1.165) is 28.9 Å². The fourth-order valence-electron chi connectivity index (χ4n) is 4.79. The van der Waals surface area contributed by atoms with Crippen LogP contribution >= 0.6 is 0 Å². The molecule has 1 saturated heterocycles. The molecule has 2 heterocycles. The molecule has 3 aliphatic rings. The van der Waals surface area contributed by atoms with Crippen molar-refractivity contribution in [3.63, 3.8) is 0 Å². The Kier molecular flexibility index (Phi) is 4.15. The number of nitrogens with zero attached hydrogens (tertiary/aromatic N) is 2. The summed E-state index contributed by atoms with van der Waals surface area (Å²) in [5.74, 6) is -0.459. The predicted molar refractivity (Wildman–Crippen MR) is 107 cm³/mol.